The van der Waals surface area contributed by atoms with Gasteiger partial charge >= 0.3 is 5.97 Å². The summed E-state index contributed by atoms with van der Waals surface area (Å²) in [6, 6.07) is 2.08. The van der Waals surface area contributed by atoms with Crippen LogP contribution in [0, 0.1) is 0 Å². The van der Waals surface area contributed by atoms with Crippen LogP contribution < -0.4 is 10.1 Å². The van der Waals surface area contributed by atoms with Gasteiger partial charge in [-0.1, -0.05) is 0 Å². The maximum absolute atomic E-state index is 12.1. The van der Waals surface area contributed by atoms with Gasteiger partial charge in [-0.3, -0.25) is 14.1 Å². The second kappa shape index (κ2) is 7.20. The molecule has 1 atom stereocenters. The van der Waals surface area contributed by atoms with Crippen molar-refractivity contribution >= 4 is 27.8 Å². The Morgan fingerprint density at radius 1 is 1.26 bits per heavy atom. The lowest BCUT2D eigenvalue weighted by molar-refractivity contribution is -0.138. The van der Waals surface area contributed by atoms with Gasteiger partial charge in [0.1, 0.15) is 17.5 Å². The average molecular weight is 345 g/mol. The minimum atomic E-state index is -4.62. The highest BCUT2D eigenvalue weighted by Gasteiger charge is 2.27. The van der Waals surface area contributed by atoms with Crippen molar-refractivity contribution in [2.75, 3.05) is 12.9 Å². The summed E-state index contributed by atoms with van der Waals surface area (Å²) >= 11 is 0. The van der Waals surface area contributed by atoms with E-state index in [9.17, 15) is 22.8 Å². The Bertz CT molecular complexity index is 740. The summed E-state index contributed by atoms with van der Waals surface area (Å²) in [6.07, 6.45) is 0. The predicted octanol–water partition coefficient (Wildman–Crippen LogP) is -0.0314. The van der Waals surface area contributed by atoms with Crippen molar-refractivity contribution in [3.63, 3.8) is 0 Å². The van der Waals surface area contributed by atoms with E-state index in [4.69, 9.17) is 14.4 Å². The van der Waals surface area contributed by atoms with E-state index in [1.165, 1.54) is 32.2 Å². The van der Waals surface area contributed by atoms with Crippen LogP contribution in [-0.2, 0) is 14.9 Å². The molecule has 0 aliphatic carbocycles. The number of hydrogen-bond donors (Lipinski definition) is 3. The zero-order chi connectivity index (χ0) is 17.8. The highest BCUT2D eigenvalue weighted by atomic mass is 32.2. The largest absolute Gasteiger partial charge is 0.497 e. The smallest absolute Gasteiger partial charge is 0.327 e. The number of amides is 1. The van der Waals surface area contributed by atoms with Gasteiger partial charge < -0.3 is 15.2 Å². The first-order valence-electron chi connectivity index (χ1n) is 6.23. The van der Waals surface area contributed by atoms with Crippen LogP contribution in [0.4, 0.5) is 0 Å². The molecule has 1 aromatic rings. The third-order valence-corrected chi connectivity index (χ3v) is 3.59. The molecule has 0 spiro atoms. The third kappa shape index (κ3) is 5.34. The summed E-state index contributed by atoms with van der Waals surface area (Å²) in [7, 11) is -3.25. The number of carboxylic acid groups (broad SMARTS) is 1. The number of carboxylic acids is 1. The SMILES string of the molecule is COc1ccc(C(=O)NC(CS(=O)(=O)O)C(=O)O)c(C(C)=O)c1. The van der Waals surface area contributed by atoms with Crippen molar-refractivity contribution in [2.24, 2.45) is 0 Å². The van der Waals surface area contributed by atoms with Gasteiger partial charge in [-0.2, -0.15) is 8.42 Å². The van der Waals surface area contributed by atoms with Gasteiger partial charge in [0.2, 0.25) is 0 Å². The number of ketones is 1. The standard InChI is InChI=1S/C13H15NO8S/c1-7(15)10-5-8(22-2)3-4-9(10)12(16)14-11(13(17)18)6-23(19,20)21/h3-5,11H,6H2,1-2H3,(H,14,16)(H,17,18)(H,19,20,21). The molecule has 3 N–H and O–H groups in total. The van der Waals surface area contributed by atoms with Gasteiger partial charge in [-0.25, -0.2) is 4.79 Å². The Hall–Kier alpha value is -2.46. The summed E-state index contributed by atoms with van der Waals surface area (Å²) in [5.41, 5.74) is -0.155. The molecule has 23 heavy (non-hydrogen) atoms. The van der Waals surface area contributed by atoms with Crippen molar-refractivity contribution < 1.29 is 37.2 Å². The Morgan fingerprint density at radius 2 is 1.87 bits per heavy atom. The number of nitrogens with one attached hydrogen (secondary N) is 1. The second-order valence-corrected chi connectivity index (χ2v) is 6.08. The molecule has 0 fully saturated rings. The molecule has 1 amide bonds. The summed E-state index contributed by atoms with van der Waals surface area (Å²) in [6.45, 7) is 1.21. The molecule has 9 nitrogen and oxygen atoms in total. The van der Waals surface area contributed by atoms with Crippen LogP contribution in [0.15, 0.2) is 18.2 Å². The normalized spacial score (nSPS) is 12.3. The van der Waals surface area contributed by atoms with Gasteiger partial charge in [0.15, 0.2) is 5.78 Å². The number of aliphatic carboxylic acids is 1. The molecule has 126 valence electrons. The number of benzene rings is 1. The Balaban J connectivity index is 3.13. The van der Waals surface area contributed by atoms with Crippen LogP contribution in [0.1, 0.15) is 27.6 Å². The molecule has 1 unspecified atom stereocenters. The Morgan fingerprint density at radius 3 is 2.30 bits per heavy atom. The minimum absolute atomic E-state index is 0.0159. The summed E-state index contributed by atoms with van der Waals surface area (Å²) in [5.74, 6) is -3.95. The first kappa shape index (κ1) is 18.6. The molecular formula is C13H15NO8S. The number of ether oxygens (including phenoxy) is 1. The maximum Gasteiger partial charge on any atom is 0.327 e. The molecule has 10 heteroatoms. The van der Waals surface area contributed by atoms with E-state index in [0.717, 1.165) is 0 Å². The van der Waals surface area contributed by atoms with E-state index in [-0.39, 0.29) is 11.1 Å². The van der Waals surface area contributed by atoms with Crippen LogP contribution in [0.5, 0.6) is 5.75 Å². The average Bonchev–Trinajstić information content (AvgIpc) is 2.44. The van der Waals surface area contributed by atoms with Crippen molar-refractivity contribution in [3.8, 4) is 5.75 Å². The van der Waals surface area contributed by atoms with Gasteiger partial charge in [0.05, 0.1) is 12.7 Å². The number of carbonyl (C=O) groups excluding carboxylic acids is 2. The van der Waals surface area contributed by atoms with Crippen molar-refractivity contribution in [1.29, 1.82) is 0 Å². The lowest BCUT2D eigenvalue weighted by Gasteiger charge is -2.14. The molecule has 0 saturated heterocycles. The van der Waals surface area contributed by atoms with Gasteiger partial charge in [-0.05, 0) is 25.1 Å². The lowest BCUT2D eigenvalue weighted by Crippen LogP contribution is -2.45. The number of carbonyl (C=O) groups is 3. The molecule has 0 bridgehead atoms. The summed E-state index contributed by atoms with van der Waals surface area (Å²) < 4.78 is 35.2. The number of rotatable bonds is 7. The molecule has 0 heterocycles. The molecule has 1 aromatic carbocycles. The fourth-order valence-electron chi connectivity index (χ4n) is 1.76. The van der Waals surface area contributed by atoms with E-state index in [2.05, 4.69) is 0 Å². The third-order valence-electron chi connectivity index (χ3n) is 2.83. The van der Waals surface area contributed by atoms with E-state index >= 15 is 0 Å². The monoisotopic (exact) mass is 345 g/mol. The van der Waals surface area contributed by atoms with E-state index in [1.807, 2.05) is 5.32 Å². The molecule has 0 aliphatic heterocycles. The van der Waals surface area contributed by atoms with Crippen molar-refractivity contribution in [1.82, 2.24) is 5.32 Å². The predicted molar refractivity (Wildman–Crippen MR) is 78.3 cm³/mol. The number of methoxy groups -OCH3 is 1. The minimum Gasteiger partial charge on any atom is -0.497 e. The van der Waals surface area contributed by atoms with Crippen LogP contribution in [-0.4, -0.2) is 54.6 Å². The zero-order valence-electron chi connectivity index (χ0n) is 12.3. The van der Waals surface area contributed by atoms with Gasteiger partial charge in [0, 0.05) is 5.56 Å². The van der Waals surface area contributed by atoms with E-state index in [1.54, 1.807) is 0 Å². The summed E-state index contributed by atoms with van der Waals surface area (Å²) in [5, 5.41) is 10.9. The first-order valence-corrected chi connectivity index (χ1v) is 7.84. The number of Topliss-reactive ketones (excluding diaryl/α,β-unsaturated/α-hetero) is 1. The molecule has 0 aliphatic rings. The molecule has 0 radical (unpaired) electrons. The molecule has 0 aromatic heterocycles. The second-order valence-electron chi connectivity index (χ2n) is 4.58. The maximum atomic E-state index is 12.1. The number of hydrogen-bond acceptors (Lipinski definition) is 6. The molecule has 1 rings (SSSR count). The van der Waals surface area contributed by atoms with Crippen molar-refractivity contribution in [2.45, 2.75) is 13.0 Å². The first-order chi connectivity index (χ1) is 10.5. The van der Waals surface area contributed by atoms with Gasteiger partial charge in [-0.15, -0.1) is 0 Å². The van der Waals surface area contributed by atoms with Crippen molar-refractivity contribution in [3.05, 3.63) is 29.3 Å². The Kier molecular flexibility index (Phi) is 5.82. The fourth-order valence-corrected chi connectivity index (χ4v) is 2.41. The van der Waals surface area contributed by atoms with Crippen LogP contribution >= 0.6 is 0 Å². The topological polar surface area (TPSA) is 147 Å². The van der Waals surface area contributed by atoms with Gasteiger partial charge in [0.25, 0.3) is 16.0 Å². The zero-order valence-corrected chi connectivity index (χ0v) is 13.1. The Labute approximate surface area is 132 Å². The molecule has 0 saturated carbocycles. The van der Waals surface area contributed by atoms with E-state index in [0.29, 0.717) is 5.75 Å². The van der Waals surface area contributed by atoms with E-state index < -0.39 is 39.6 Å². The lowest BCUT2D eigenvalue weighted by atomic mass is 10.0. The van der Waals surface area contributed by atoms with Crippen LogP contribution in [0.25, 0.3) is 0 Å². The highest BCUT2D eigenvalue weighted by Crippen LogP contribution is 2.18. The van der Waals surface area contributed by atoms with Crippen LogP contribution in [0.2, 0.25) is 0 Å². The molecular weight excluding hydrogens is 330 g/mol. The highest BCUT2D eigenvalue weighted by molar-refractivity contribution is 7.85. The van der Waals surface area contributed by atoms with Crippen LogP contribution in [0.3, 0.4) is 0 Å². The quantitative estimate of drug-likeness (QED) is 0.461. The fraction of sp³-hybridized carbons (Fsp3) is 0.308. The summed E-state index contributed by atoms with van der Waals surface area (Å²) in [4.78, 5) is 34.7.